The van der Waals surface area contributed by atoms with Gasteiger partial charge in [0.25, 0.3) is 5.91 Å². The van der Waals surface area contributed by atoms with E-state index in [9.17, 15) is 26.4 Å². The molecule has 2 heterocycles. The summed E-state index contributed by atoms with van der Waals surface area (Å²) in [5, 5.41) is 2.90. The lowest BCUT2D eigenvalue weighted by atomic mass is 9.79. The Kier molecular flexibility index (Phi) is 7.51. The number of rotatable bonds is 9. The third-order valence-electron chi connectivity index (χ3n) is 6.51. The van der Waals surface area contributed by atoms with E-state index in [1.54, 1.807) is 6.92 Å². The maximum atomic E-state index is 15.5. The van der Waals surface area contributed by atoms with E-state index in [1.165, 1.54) is 16.9 Å². The van der Waals surface area contributed by atoms with Gasteiger partial charge in [0.2, 0.25) is 10.0 Å². The number of benzene rings is 1. The predicted octanol–water partition coefficient (Wildman–Crippen LogP) is 5.33. The van der Waals surface area contributed by atoms with Gasteiger partial charge in [-0.1, -0.05) is 0 Å². The number of alkyl halides is 6. The Balaban J connectivity index is 1.81. The van der Waals surface area contributed by atoms with Crippen LogP contribution in [-0.2, 0) is 26.9 Å². The second-order valence-corrected chi connectivity index (χ2v) is 11.4. The molecule has 0 spiro atoms. The van der Waals surface area contributed by atoms with E-state index >= 15 is 17.6 Å². The van der Waals surface area contributed by atoms with Crippen LogP contribution in [0.25, 0.3) is 5.57 Å². The monoisotopic (exact) mass is 583 g/mol. The molecule has 1 aromatic heterocycles. The summed E-state index contributed by atoms with van der Waals surface area (Å²) in [5.41, 5.74) is -5.04. The van der Waals surface area contributed by atoms with E-state index in [4.69, 9.17) is 4.74 Å². The van der Waals surface area contributed by atoms with Crippen LogP contribution in [0.2, 0.25) is 0 Å². The molecule has 1 atom stereocenters. The molecule has 1 fully saturated rings. The number of nitrogens with zero attached hydrogens (tertiary/aromatic N) is 3. The van der Waals surface area contributed by atoms with Crippen LogP contribution in [-0.4, -0.2) is 52.6 Å². The fourth-order valence-corrected chi connectivity index (χ4v) is 6.52. The highest BCUT2D eigenvalue weighted by Crippen LogP contribution is 2.55. The smallest absolute Gasteiger partial charge is 0.417 e. The van der Waals surface area contributed by atoms with Gasteiger partial charge in [0.1, 0.15) is 11.6 Å². The molecule has 2 aliphatic rings. The molecule has 1 aromatic carbocycles. The number of sulfonamides is 1. The largest absolute Gasteiger partial charge is 0.493 e. The van der Waals surface area contributed by atoms with Crippen LogP contribution in [0, 0.1) is 5.82 Å². The van der Waals surface area contributed by atoms with Gasteiger partial charge in [-0.15, -0.1) is 0 Å². The fourth-order valence-electron chi connectivity index (χ4n) is 4.48. The Labute approximate surface area is 219 Å². The number of halogens is 7. The van der Waals surface area contributed by atoms with Crippen molar-refractivity contribution in [1.29, 1.82) is 0 Å². The van der Waals surface area contributed by atoms with Gasteiger partial charge in [-0.25, -0.2) is 17.1 Å². The van der Waals surface area contributed by atoms with Crippen LogP contribution in [0.1, 0.15) is 50.3 Å². The Morgan fingerprint density at radius 3 is 2.36 bits per heavy atom. The number of carbonyl (C=O) groups is 1. The highest BCUT2D eigenvalue weighted by molar-refractivity contribution is 7.90. The minimum absolute atomic E-state index is 0.00711. The second-order valence-electron chi connectivity index (χ2n) is 9.32. The predicted molar refractivity (Wildman–Crippen MR) is 124 cm³/mol. The number of hydrogen-bond donors (Lipinski definition) is 0. The van der Waals surface area contributed by atoms with Crippen LogP contribution < -0.4 is 4.74 Å². The topological polar surface area (TPSA) is 81.5 Å². The average Bonchev–Trinajstić information content (AvgIpc) is 3.58. The van der Waals surface area contributed by atoms with Crippen LogP contribution in [0.4, 0.5) is 30.7 Å². The maximum Gasteiger partial charge on any atom is 0.417 e. The minimum Gasteiger partial charge on any atom is -0.493 e. The van der Waals surface area contributed by atoms with E-state index in [0.717, 1.165) is 12.1 Å². The summed E-state index contributed by atoms with van der Waals surface area (Å²) < 4.78 is 131. The van der Waals surface area contributed by atoms with Crippen molar-refractivity contribution in [2.45, 2.75) is 68.7 Å². The fraction of sp³-hybridized carbons (Fsp3) is 0.500. The summed E-state index contributed by atoms with van der Waals surface area (Å²) in [6.45, 7) is 1.60. The molecule has 1 aliphatic heterocycles. The molecule has 0 bridgehead atoms. The van der Waals surface area contributed by atoms with Crippen molar-refractivity contribution < 1.29 is 48.7 Å². The van der Waals surface area contributed by atoms with Crippen molar-refractivity contribution >= 4 is 21.5 Å². The van der Waals surface area contributed by atoms with Crippen molar-refractivity contribution in [1.82, 2.24) is 14.1 Å². The van der Waals surface area contributed by atoms with Crippen molar-refractivity contribution in [2.75, 3.05) is 6.61 Å². The van der Waals surface area contributed by atoms with Gasteiger partial charge >= 0.3 is 12.4 Å². The van der Waals surface area contributed by atoms with Gasteiger partial charge in [-0.05, 0) is 50.0 Å². The standard InChI is InChI=1S/C24H24F7N3O4S/c1-2-33-10-8-20(32-33)15-12-21(35)34(39(36,37)17-5-6-17)22(14-15,24(29,30)31)18-7-4-16(13-19(18)25)38-11-3-9-23(26,27)28/h4,7-8,10,12-13,17H,2-3,5-6,9,11,14H2,1H3. The zero-order valence-electron chi connectivity index (χ0n) is 20.5. The van der Waals surface area contributed by atoms with E-state index in [2.05, 4.69) is 5.10 Å². The van der Waals surface area contributed by atoms with E-state index < -0.39 is 76.3 Å². The van der Waals surface area contributed by atoms with Crippen molar-refractivity contribution in [3.8, 4) is 5.75 Å². The lowest BCUT2D eigenvalue weighted by Crippen LogP contribution is -2.62. The Morgan fingerprint density at radius 2 is 1.82 bits per heavy atom. The molecule has 1 aliphatic carbocycles. The van der Waals surface area contributed by atoms with Gasteiger partial charge in [0.15, 0.2) is 5.54 Å². The van der Waals surface area contributed by atoms with Gasteiger partial charge in [-0.3, -0.25) is 9.48 Å². The van der Waals surface area contributed by atoms with Crippen molar-refractivity contribution in [3.05, 3.63) is 53.6 Å². The van der Waals surface area contributed by atoms with Crippen LogP contribution in [0.3, 0.4) is 0 Å². The lowest BCUT2D eigenvalue weighted by Gasteiger charge is -2.46. The van der Waals surface area contributed by atoms with Gasteiger partial charge in [0, 0.05) is 43.3 Å². The molecule has 7 nitrogen and oxygen atoms in total. The van der Waals surface area contributed by atoms with Crippen LogP contribution in [0.5, 0.6) is 5.75 Å². The molecule has 1 saturated carbocycles. The van der Waals surface area contributed by atoms with Crippen LogP contribution in [0.15, 0.2) is 36.5 Å². The number of ether oxygens (including phenoxy) is 1. The average molecular weight is 584 g/mol. The molecule has 214 valence electrons. The Hall–Kier alpha value is -3.10. The molecule has 15 heteroatoms. The summed E-state index contributed by atoms with van der Waals surface area (Å²) in [4.78, 5) is 13.2. The molecule has 1 unspecified atom stereocenters. The number of aromatic nitrogens is 2. The molecule has 4 rings (SSSR count). The van der Waals surface area contributed by atoms with Gasteiger partial charge < -0.3 is 4.74 Å². The van der Waals surface area contributed by atoms with Crippen molar-refractivity contribution in [3.63, 3.8) is 0 Å². The summed E-state index contributed by atoms with van der Waals surface area (Å²) in [6.07, 6.45) is -10.4. The molecular formula is C24H24F7N3O4S. The number of hydrogen-bond acceptors (Lipinski definition) is 5. The van der Waals surface area contributed by atoms with E-state index in [-0.39, 0.29) is 34.2 Å². The van der Waals surface area contributed by atoms with E-state index in [1.807, 2.05) is 0 Å². The maximum absolute atomic E-state index is 15.5. The molecule has 0 N–H and O–H groups in total. The summed E-state index contributed by atoms with van der Waals surface area (Å²) >= 11 is 0. The molecule has 2 aromatic rings. The zero-order valence-corrected chi connectivity index (χ0v) is 21.3. The summed E-state index contributed by atoms with van der Waals surface area (Å²) in [6, 6.07) is 3.45. The summed E-state index contributed by atoms with van der Waals surface area (Å²) in [7, 11) is -4.85. The number of aryl methyl sites for hydroxylation is 1. The SMILES string of the molecule is CCn1ccc(C2=CC(=O)N(S(=O)(=O)C3CC3)C(c3ccc(OCCCC(F)(F)F)cc3F)(C(F)(F)F)C2)n1. The normalized spacial score (nSPS) is 20.8. The van der Waals surface area contributed by atoms with Crippen LogP contribution >= 0.6 is 0 Å². The third-order valence-corrected chi connectivity index (χ3v) is 8.83. The molecule has 39 heavy (non-hydrogen) atoms. The third kappa shape index (κ3) is 5.63. The van der Waals surface area contributed by atoms with Crippen molar-refractivity contribution in [2.24, 2.45) is 0 Å². The van der Waals surface area contributed by atoms with E-state index in [0.29, 0.717) is 18.7 Å². The second kappa shape index (κ2) is 10.1. The summed E-state index contributed by atoms with van der Waals surface area (Å²) in [5.74, 6) is -3.38. The minimum atomic E-state index is -5.48. The number of carbonyl (C=O) groups excluding carboxylic acids is 1. The molecular weight excluding hydrogens is 559 g/mol. The molecule has 1 amide bonds. The highest BCUT2D eigenvalue weighted by atomic mass is 32.2. The number of amides is 1. The first kappa shape index (κ1) is 28.9. The first-order valence-electron chi connectivity index (χ1n) is 12.0. The Morgan fingerprint density at radius 1 is 1.13 bits per heavy atom. The quantitative estimate of drug-likeness (QED) is 0.295. The van der Waals surface area contributed by atoms with Gasteiger partial charge in [0.05, 0.1) is 17.6 Å². The molecule has 0 radical (unpaired) electrons. The lowest BCUT2D eigenvalue weighted by molar-refractivity contribution is -0.222. The Bertz CT molecular complexity index is 1380. The first-order chi connectivity index (χ1) is 18.1. The first-order valence-corrected chi connectivity index (χ1v) is 13.5. The molecule has 0 saturated heterocycles. The highest BCUT2D eigenvalue weighted by Gasteiger charge is 2.68. The van der Waals surface area contributed by atoms with Gasteiger partial charge in [-0.2, -0.15) is 31.4 Å². The zero-order chi connectivity index (χ0) is 28.8.